The molecule has 0 bridgehead atoms. The Morgan fingerprint density at radius 2 is 2.00 bits per heavy atom. The van der Waals surface area contributed by atoms with Gasteiger partial charge in [-0.05, 0) is 6.07 Å². The molecule has 1 aromatic rings. The number of halogens is 4. The summed E-state index contributed by atoms with van der Waals surface area (Å²) in [4.78, 5) is 3.26. The molecule has 0 unspecified atom stereocenters. The summed E-state index contributed by atoms with van der Waals surface area (Å²) in [5.74, 6) is 0. The molecule has 0 radical (unpaired) electrons. The molecule has 0 saturated heterocycles. The van der Waals surface area contributed by atoms with Gasteiger partial charge < -0.3 is 0 Å². The molecule has 13 heavy (non-hydrogen) atoms. The Morgan fingerprint density at radius 1 is 1.38 bits per heavy atom. The van der Waals surface area contributed by atoms with Gasteiger partial charge in [0.05, 0.1) is 0 Å². The van der Waals surface area contributed by atoms with Crippen molar-refractivity contribution in [3.63, 3.8) is 0 Å². The highest BCUT2D eigenvalue weighted by Gasteiger charge is 2.31. The minimum absolute atomic E-state index is 0.508. The van der Waals surface area contributed by atoms with Gasteiger partial charge in [-0.1, -0.05) is 28.6 Å². The molecule has 1 heterocycles. The van der Waals surface area contributed by atoms with Crippen LogP contribution in [0.25, 0.3) is 4.48 Å². The highest BCUT2D eigenvalue weighted by Crippen LogP contribution is 2.28. The third-order valence-corrected chi connectivity index (χ3v) is 1.82. The number of hydrogen-bond acceptors (Lipinski definition) is 1. The monoisotopic (exact) mass is 251 g/mol. The van der Waals surface area contributed by atoms with E-state index in [1.54, 1.807) is 0 Å². The van der Waals surface area contributed by atoms with E-state index < -0.39 is 11.9 Å². The molecular formula is C8H5BrF3N. The molecule has 70 valence electrons. The molecule has 5 heteroatoms. The second kappa shape index (κ2) is 3.49. The van der Waals surface area contributed by atoms with Crippen molar-refractivity contribution in [3.05, 3.63) is 36.2 Å². The Labute approximate surface area is 81.4 Å². The third kappa shape index (κ3) is 2.55. The molecule has 0 amide bonds. The summed E-state index contributed by atoms with van der Waals surface area (Å²) < 4.78 is 36.6. The van der Waals surface area contributed by atoms with Crippen molar-refractivity contribution in [1.82, 2.24) is 4.98 Å². The lowest BCUT2D eigenvalue weighted by molar-refractivity contribution is -0.141. The summed E-state index contributed by atoms with van der Waals surface area (Å²) in [7, 11) is 0. The van der Waals surface area contributed by atoms with Gasteiger partial charge in [0.1, 0.15) is 5.69 Å². The number of nitrogens with zero attached hydrogens (tertiary/aromatic N) is 1. The lowest BCUT2D eigenvalue weighted by Crippen LogP contribution is -2.07. The van der Waals surface area contributed by atoms with Crippen LogP contribution in [0.1, 0.15) is 11.3 Å². The lowest BCUT2D eigenvalue weighted by atomic mass is 10.2. The van der Waals surface area contributed by atoms with E-state index in [9.17, 15) is 13.2 Å². The fourth-order valence-corrected chi connectivity index (χ4v) is 0.957. The second-order valence-corrected chi connectivity index (χ2v) is 3.29. The number of pyridine rings is 1. The van der Waals surface area contributed by atoms with Crippen molar-refractivity contribution >= 4 is 20.4 Å². The molecule has 0 aromatic carbocycles. The number of alkyl halides is 3. The van der Waals surface area contributed by atoms with Crippen LogP contribution < -0.4 is 0 Å². The van der Waals surface area contributed by atoms with Crippen LogP contribution in [-0.4, -0.2) is 4.98 Å². The van der Waals surface area contributed by atoms with Crippen molar-refractivity contribution in [1.29, 1.82) is 0 Å². The van der Waals surface area contributed by atoms with E-state index in [1.165, 1.54) is 6.07 Å². The van der Waals surface area contributed by atoms with Crippen LogP contribution in [0.2, 0.25) is 0 Å². The van der Waals surface area contributed by atoms with Gasteiger partial charge in [-0.15, -0.1) is 0 Å². The van der Waals surface area contributed by atoms with Gasteiger partial charge in [0.25, 0.3) is 0 Å². The molecule has 0 aliphatic carbocycles. The summed E-state index contributed by atoms with van der Waals surface area (Å²) in [5, 5.41) is 0. The molecule has 0 atom stereocenters. The standard InChI is InChI=1S/C8H5BrF3N/c1-5(9)6-2-3-7(13-4-6)8(10,11)12/h2-4H,1H2. The molecule has 0 aliphatic rings. The predicted molar refractivity (Wildman–Crippen MR) is 47.2 cm³/mol. The second-order valence-electron chi connectivity index (χ2n) is 2.33. The Hall–Kier alpha value is -0.840. The van der Waals surface area contributed by atoms with Crippen molar-refractivity contribution in [3.8, 4) is 0 Å². The summed E-state index contributed by atoms with van der Waals surface area (Å²) in [5.41, 5.74) is -0.363. The molecule has 1 nitrogen and oxygen atoms in total. The Balaban J connectivity index is 3.01. The first-order valence-corrected chi connectivity index (χ1v) is 4.08. The van der Waals surface area contributed by atoms with Gasteiger partial charge in [-0.25, -0.2) is 0 Å². The first kappa shape index (κ1) is 10.2. The maximum absolute atomic E-state index is 12.0. The van der Waals surface area contributed by atoms with E-state index in [2.05, 4.69) is 27.5 Å². The topological polar surface area (TPSA) is 12.9 Å². The highest BCUT2D eigenvalue weighted by atomic mass is 79.9. The maximum Gasteiger partial charge on any atom is 0.433 e. The first-order valence-electron chi connectivity index (χ1n) is 3.29. The SMILES string of the molecule is C=C(Br)c1ccc(C(F)(F)F)nc1. The molecular weight excluding hydrogens is 247 g/mol. The Bertz CT molecular complexity index is 315. The normalized spacial score (nSPS) is 11.4. The van der Waals surface area contributed by atoms with Gasteiger partial charge in [0, 0.05) is 16.2 Å². The zero-order valence-corrected chi connectivity index (χ0v) is 7.98. The van der Waals surface area contributed by atoms with Crippen LogP contribution in [0.15, 0.2) is 24.9 Å². The average molecular weight is 252 g/mol. The number of rotatable bonds is 1. The summed E-state index contributed by atoms with van der Waals surface area (Å²) >= 11 is 3.04. The van der Waals surface area contributed by atoms with Gasteiger partial charge in [-0.2, -0.15) is 13.2 Å². The van der Waals surface area contributed by atoms with Gasteiger partial charge in [-0.3, -0.25) is 4.98 Å². The van der Waals surface area contributed by atoms with Gasteiger partial charge in [0.2, 0.25) is 0 Å². The molecule has 0 N–H and O–H groups in total. The van der Waals surface area contributed by atoms with E-state index in [4.69, 9.17) is 0 Å². The summed E-state index contributed by atoms with van der Waals surface area (Å²) in [6.45, 7) is 3.51. The van der Waals surface area contributed by atoms with E-state index in [-0.39, 0.29) is 0 Å². The van der Waals surface area contributed by atoms with Crippen LogP contribution >= 0.6 is 15.9 Å². The minimum Gasteiger partial charge on any atom is -0.251 e. The maximum atomic E-state index is 12.0. The van der Waals surface area contributed by atoms with Crippen molar-refractivity contribution < 1.29 is 13.2 Å². The summed E-state index contributed by atoms with van der Waals surface area (Å²) in [6.07, 6.45) is -3.26. The number of aromatic nitrogens is 1. The van der Waals surface area contributed by atoms with Crippen LogP contribution in [-0.2, 0) is 6.18 Å². The van der Waals surface area contributed by atoms with Gasteiger partial charge in [0.15, 0.2) is 0 Å². The van der Waals surface area contributed by atoms with Crippen LogP contribution in [0.4, 0.5) is 13.2 Å². The fourth-order valence-electron chi connectivity index (χ4n) is 0.722. The van der Waals surface area contributed by atoms with E-state index in [1.807, 2.05) is 0 Å². The van der Waals surface area contributed by atoms with Crippen molar-refractivity contribution in [2.24, 2.45) is 0 Å². The largest absolute Gasteiger partial charge is 0.433 e. The van der Waals surface area contributed by atoms with Crippen LogP contribution in [0, 0.1) is 0 Å². The minimum atomic E-state index is -4.38. The van der Waals surface area contributed by atoms with E-state index in [0.717, 1.165) is 12.3 Å². The molecule has 0 aliphatic heterocycles. The number of hydrogen-bond donors (Lipinski definition) is 0. The van der Waals surface area contributed by atoms with Crippen LogP contribution in [0.3, 0.4) is 0 Å². The van der Waals surface area contributed by atoms with Crippen molar-refractivity contribution in [2.75, 3.05) is 0 Å². The zero-order chi connectivity index (χ0) is 10.1. The average Bonchev–Trinajstić information content (AvgIpc) is 2.03. The highest BCUT2D eigenvalue weighted by molar-refractivity contribution is 9.15. The van der Waals surface area contributed by atoms with Gasteiger partial charge >= 0.3 is 6.18 Å². The molecule has 1 aromatic heterocycles. The predicted octanol–water partition coefficient (Wildman–Crippen LogP) is 3.47. The first-order chi connectivity index (χ1) is 5.91. The van der Waals surface area contributed by atoms with Crippen molar-refractivity contribution in [2.45, 2.75) is 6.18 Å². The quantitative estimate of drug-likeness (QED) is 0.745. The third-order valence-electron chi connectivity index (χ3n) is 1.37. The molecule has 0 saturated carbocycles. The zero-order valence-electron chi connectivity index (χ0n) is 6.40. The fraction of sp³-hybridized carbons (Fsp3) is 0.125. The summed E-state index contributed by atoms with van der Waals surface area (Å²) in [6, 6.07) is 2.23. The van der Waals surface area contributed by atoms with E-state index in [0.29, 0.717) is 10.0 Å². The van der Waals surface area contributed by atoms with Crippen LogP contribution in [0.5, 0.6) is 0 Å². The molecule has 0 fully saturated rings. The lowest BCUT2D eigenvalue weighted by Gasteiger charge is -2.05. The molecule has 1 rings (SSSR count). The Kier molecular flexibility index (Phi) is 2.75. The smallest absolute Gasteiger partial charge is 0.251 e. The molecule has 0 spiro atoms. The van der Waals surface area contributed by atoms with E-state index >= 15 is 0 Å². The Morgan fingerprint density at radius 3 is 2.31 bits per heavy atom.